The van der Waals surface area contributed by atoms with Crippen LogP contribution < -0.4 is 4.90 Å². The molecule has 0 saturated carbocycles. The average molecular weight is 550 g/mol. The predicted molar refractivity (Wildman–Crippen MR) is 134 cm³/mol. The van der Waals surface area contributed by atoms with E-state index < -0.39 is 46.7 Å². The molecule has 2 aromatic rings. The summed E-state index contributed by atoms with van der Waals surface area (Å²) < 4.78 is 50.4. The molecule has 0 bridgehead atoms. The Labute approximate surface area is 221 Å². The molecule has 2 aromatic carbocycles. The quantitative estimate of drug-likeness (QED) is 0.150. The van der Waals surface area contributed by atoms with E-state index in [4.69, 9.17) is 14.6 Å². The van der Waals surface area contributed by atoms with Crippen molar-refractivity contribution in [2.45, 2.75) is 20.0 Å². The number of aliphatic hydroxyl groups is 1. The number of aliphatic hydroxyl groups excluding tert-OH is 1. The number of carboxylic acids is 1. The Balaban J connectivity index is 2.26. The lowest BCUT2D eigenvalue weighted by atomic mass is 9.99. The van der Waals surface area contributed by atoms with Gasteiger partial charge in [0.1, 0.15) is 18.9 Å². The zero-order chi connectivity index (χ0) is 29.3. The first kappa shape index (κ1) is 30.5. The summed E-state index contributed by atoms with van der Waals surface area (Å²) in [4.78, 5) is 36.4. The first-order valence-electron chi connectivity index (χ1n) is 11.3. The third-order valence-corrected chi connectivity index (χ3v) is 5.15. The third kappa shape index (κ3) is 8.69. The molecule has 0 unspecified atom stereocenters. The summed E-state index contributed by atoms with van der Waals surface area (Å²) >= 11 is 0. The summed E-state index contributed by atoms with van der Waals surface area (Å²) in [7, 11) is 0. The van der Waals surface area contributed by atoms with E-state index in [2.05, 4.69) is 23.4 Å². The highest BCUT2D eigenvalue weighted by atomic mass is 19.4. The van der Waals surface area contributed by atoms with Crippen molar-refractivity contribution in [3.8, 4) is 0 Å². The van der Waals surface area contributed by atoms with Crippen LogP contribution in [0.5, 0.6) is 0 Å². The lowest BCUT2D eigenvalue weighted by molar-refractivity contribution is -0.141. The van der Waals surface area contributed by atoms with E-state index >= 15 is 0 Å². The van der Waals surface area contributed by atoms with E-state index in [1.807, 2.05) is 0 Å². The van der Waals surface area contributed by atoms with Gasteiger partial charge < -0.3 is 24.6 Å². The highest BCUT2D eigenvalue weighted by molar-refractivity contribution is 5.95. The first-order valence-corrected chi connectivity index (χ1v) is 11.3. The van der Waals surface area contributed by atoms with Crippen LogP contribution in [0.25, 0.3) is 0 Å². The Morgan fingerprint density at radius 1 is 0.923 bits per heavy atom. The van der Waals surface area contributed by atoms with E-state index in [0.717, 1.165) is 19.1 Å². The fourth-order valence-corrected chi connectivity index (χ4v) is 3.28. The molecule has 0 heterocycles. The molecule has 0 amide bonds. The average Bonchev–Trinajstić information content (AvgIpc) is 2.85. The summed E-state index contributed by atoms with van der Waals surface area (Å²) in [6.45, 7) is 9.37. The van der Waals surface area contributed by atoms with E-state index in [1.165, 1.54) is 19.1 Å². The SMILES string of the molecule is C=C(C)C(=O)OCCN(CCOC(=O)C(=C)O)c1ccc(N=Nc2ccc(C)c(C(F)(F)F)c2C(=O)O)cc1. The predicted octanol–water partition coefficient (Wildman–Crippen LogP) is 5.67. The molecule has 0 aromatic heterocycles. The highest BCUT2D eigenvalue weighted by Crippen LogP contribution is 2.39. The summed E-state index contributed by atoms with van der Waals surface area (Å²) in [6.07, 6.45) is -4.90. The number of anilines is 1. The molecule has 2 rings (SSSR count). The third-order valence-electron chi connectivity index (χ3n) is 5.15. The molecule has 10 nitrogen and oxygen atoms in total. The van der Waals surface area contributed by atoms with Crippen LogP contribution in [0, 0.1) is 6.92 Å². The molecular formula is C26H26F3N3O7. The zero-order valence-electron chi connectivity index (χ0n) is 21.1. The van der Waals surface area contributed by atoms with Crippen LogP contribution in [-0.4, -0.2) is 54.4 Å². The van der Waals surface area contributed by atoms with Gasteiger partial charge in [-0.05, 0) is 56.3 Å². The number of nitrogens with zero attached hydrogens (tertiary/aromatic N) is 3. The van der Waals surface area contributed by atoms with Crippen LogP contribution in [0.3, 0.4) is 0 Å². The number of carbonyl (C=O) groups is 3. The Hall–Kier alpha value is -4.68. The fraction of sp³-hybridized carbons (Fsp3) is 0.269. The van der Waals surface area contributed by atoms with Crippen molar-refractivity contribution in [3.05, 3.63) is 77.6 Å². The normalized spacial score (nSPS) is 11.2. The second kappa shape index (κ2) is 13.2. The molecule has 39 heavy (non-hydrogen) atoms. The van der Waals surface area contributed by atoms with Crippen molar-refractivity contribution >= 4 is 35.0 Å². The van der Waals surface area contributed by atoms with Crippen LogP contribution in [-0.2, 0) is 25.2 Å². The minimum absolute atomic E-state index is 0.0270. The Morgan fingerprint density at radius 3 is 1.97 bits per heavy atom. The van der Waals surface area contributed by atoms with Crippen molar-refractivity contribution in [3.63, 3.8) is 0 Å². The van der Waals surface area contributed by atoms with Crippen molar-refractivity contribution < 1.29 is 47.2 Å². The Kier molecular flexibility index (Phi) is 10.3. The van der Waals surface area contributed by atoms with Gasteiger partial charge in [-0.15, -0.1) is 5.11 Å². The van der Waals surface area contributed by atoms with E-state index in [0.29, 0.717) is 5.69 Å². The Bertz CT molecular complexity index is 1260. The van der Waals surface area contributed by atoms with Crippen LogP contribution >= 0.6 is 0 Å². The number of benzene rings is 2. The number of hydrogen-bond donors (Lipinski definition) is 2. The highest BCUT2D eigenvalue weighted by Gasteiger charge is 2.38. The van der Waals surface area contributed by atoms with Crippen molar-refractivity contribution in [2.24, 2.45) is 10.2 Å². The number of carbonyl (C=O) groups excluding carboxylic acids is 2. The number of esters is 2. The van der Waals surface area contributed by atoms with E-state index in [9.17, 15) is 32.7 Å². The number of rotatable bonds is 12. The number of hydrogen-bond acceptors (Lipinski definition) is 9. The number of aryl methyl sites for hydroxylation is 1. The second-order valence-electron chi connectivity index (χ2n) is 8.16. The molecule has 0 aliphatic carbocycles. The lowest BCUT2D eigenvalue weighted by Crippen LogP contribution is -2.32. The van der Waals surface area contributed by atoms with Gasteiger partial charge in [0.25, 0.3) is 0 Å². The van der Waals surface area contributed by atoms with Crippen LogP contribution in [0.4, 0.5) is 30.2 Å². The monoisotopic (exact) mass is 549 g/mol. The van der Waals surface area contributed by atoms with Crippen molar-refractivity contribution in [1.82, 2.24) is 0 Å². The number of azo groups is 1. The summed E-state index contributed by atoms with van der Waals surface area (Å²) in [5.41, 5.74) is -2.02. The smallest absolute Gasteiger partial charge is 0.417 e. The number of carboxylic acid groups (broad SMARTS) is 1. The fourth-order valence-electron chi connectivity index (χ4n) is 3.28. The lowest BCUT2D eigenvalue weighted by Gasteiger charge is -2.24. The summed E-state index contributed by atoms with van der Waals surface area (Å²) in [5, 5.41) is 26.1. The zero-order valence-corrected chi connectivity index (χ0v) is 21.1. The van der Waals surface area contributed by atoms with Crippen molar-refractivity contribution in [1.29, 1.82) is 0 Å². The van der Waals surface area contributed by atoms with Gasteiger partial charge in [-0.3, -0.25) is 0 Å². The molecule has 0 radical (unpaired) electrons. The maximum atomic E-state index is 13.5. The van der Waals surface area contributed by atoms with Gasteiger partial charge >= 0.3 is 24.1 Å². The topological polar surface area (TPSA) is 138 Å². The molecule has 2 N–H and O–H groups in total. The van der Waals surface area contributed by atoms with Crippen LogP contribution in [0.15, 0.2) is 71.1 Å². The summed E-state index contributed by atoms with van der Waals surface area (Å²) in [6, 6.07) is 8.37. The van der Waals surface area contributed by atoms with E-state index in [-0.39, 0.29) is 43.1 Å². The van der Waals surface area contributed by atoms with Gasteiger partial charge in [-0.1, -0.05) is 12.6 Å². The van der Waals surface area contributed by atoms with Gasteiger partial charge in [0.15, 0.2) is 5.76 Å². The van der Waals surface area contributed by atoms with Gasteiger partial charge in [0.05, 0.1) is 29.9 Å². The molecule has 13 heteroatoms. The van der Waals surface area contributed by atoms with Crippen LogP contribution in [0.1, 0.15) is 28.4 Å². The molecule has 0 fully saturated rings. The Morgan fingerprint density at radius 2 is 1.49 bits per heavy atom. The molecule has 0 aliphatic heterocycles. The van der Waals surface area contributed by atoms with Gasteiger partial charge in [-0.25, -0.2) is 14.4 Å². The maximum Gasteiger partial charge on any atom is 0.417 e. The minimum atomic E-state index is -4.90. The van der Waals surface area contributed by atoms with Gasteiger partial charge in [-0.2, -0.15) is 18.3 Å². The molecule has 0 atom stereocenters. The molecule has 0 spiro atoms. The minimum Gasteiger partial charge on any atom is -0.502 e. The number of ether oxygens (including phenoxy) is 2. The summed E-state index contributed by atoms with van der Waals surface area (Å²) in [5.74, 6) is -4.12. The van der Waals surface area contributed by atoms with Crippen molar-refractivity contribution in [2.75, 3.05) is 31.2 Å². The molecule has 0 aliphatic rings. The number of halogens is 3. The second-order valence-corrected chi connectivity index (χ2v) is 8.16. The molecule has 0 saturated heterocycles. The van der Waals surface area contributed by atoms with Crippen LogP contribution in [0.2, 0.25) is 0 Å². The maximum absolute atomic E-state index is 13.5. The first-order chi connectivity index (χ1) is 18.2. The largest absolute Gasteiger partial charge is 0.502 e. The van der Waals surface area contributed by atoms with Gasteiger partial charge in [0.2, 0.25) is 0 Å². The standard InChI is InChI=1S/C26H26F3N3O7/c1-15(2)24(36)38-13-11-32(12-14-39-25(37)17(4)33)19-8-6-18(7-9-19)30-31-20-10-5-16(3)22(26(27,28)29)21(20)23(34)35/h5-10,33H,1,4,11-14H2,2-3H3,(H,34,35). The van der Waals surface area contributed by atoms with E-state index in [1.54, 1.807) is 17.0 Å². The van der Waals surface area contributed by atoms with Gasteiger partial charge in [0, 0.05) is 11.3 Å². The number of aromatic carboxylic acids is 1. The number of alkyl halides is 3. The molecule has 208 valence electrons. The molecular weight excluding hydrogens is 523 g/mol.